The van der Waals surface area contributed by atoms with Crippen molar-refractivity contribution in [2.75, 3.05) is 7.11 Å². The van der Waals surface area contributed by atoms with Crippen LogP contribution in [0.25, 0.3) is 0 Å². The molecule has 0 atom stereocenters. The van der Waals surface area contributed by atoms with E-state index in [-0.39, 0.29) is 5.75 Å². The van der Waals surface area contributed by atoms with Crippen LogP contribution in [0.15, 0.2) is 29.9 Å². The fourth-order valence-electron chi connectivity index (χ4n) is 1.52. The lowest BCUT2D eigenvalue weighted by Gasteiger charge is -2.09. The summed E-state index contributed by atoms with van der Waals surface area (Å²) in [5.41, 5.74) is 2.63. The Labute approximate surface area is 104 Å². The first-order valence-corrected chi connectivity index (χ1v) is 6.12. The first kappa shape index (κ1) is 11.9. The predicted octanol–water partition coefficient (Wildman–Crippen LogP) is 2.15. The quantitative estimate of drug-likeness (QED) is 0.853. The van der Waals surface area contributed by atoms with Crippen LogP contribution in [-0.4, -0.2) is 17.2 Å². The number of ether oxygens (including phenoxy) is 1. The first-order valence-electron chi connectivity index (χ1n) is 5.24. The Balaban J connectivity index is 1.95. The highest BCUT2D eigenvalue weighted by Crippen LogP contribution is 2.29. The average Bonchev–Trinajstić information content (AvgIpc) is 2.84. The van der Waals surface area contributed by atoms with Gasteiger partial charge in [-0.1, -0.05) is 12.1 Å². The van der Waals surface area contributed by atoms with Gasteiger partial charge >= 0.3 is 0 Å². The van der Waals surface area contributed by atoms with Gasteiger partial charge in [0.25, 0.3) is 0 Å². The van der Waals surface area contributed by atoms with Gasteiger partial charge in [0.2, 0.25) is 0 Å². The fraction of sp³-hybridized carbons (Fsp3) is 0.250. The molecule has 0 fully saturated rings. The lowest BCUT2D eigenvalue weighted by atomic mass is 10.2. The molecule has 0 aliphatic carbocycles. The van der Waals surface area contributed by atoms with E-state index >= 15 is 0 Å². The zero-order chi connectivity index (χ0) is 12.1. The smallest absolute Gasteiger partial charge is 0.162 e. The van der Waals surface area contributed by atoms with Gasteiger partial charge in [0.15, 0.2) is 11.5 Å². The summed E-state index contributed by atoms with van der Waals surface area (Å²) in [6.07, 6.45) is 1.84. The van der Waals surface area contributed by atoms with E-state index in [0.29, 0.717) is 12.3 Å². The number of methoxy groups -OCH3 is 1. The van der Waals surface area contributed by atoms with Crippen LogP contribution in [0.5, 0.6) is 11.5 Å². The predicted molar refractivity (Wildman–Crippen MR) is 67.3 cm³/mol. The number of hydrogen-bond donors (Lipinski definition) is 2. The van der Waals surface area contributed by atoms with Crippen molar-refractivity contribution >= 4 is 11.3 Å². The molecule has 1 heterocycles. The van der Waals surface area contributed by atoms with Gasteiger partial charge in [-0.25, -0.2) is 0 Å². The number of aromatic nitrogens is 1. The number of nitrogens with zero attached hydrogens (tertiary/aromatic N) is 1. The van der Waals surface area contributed by atoms with E-state index < -0.39 is 0 Å². The van der Waals surface area contributed by atoms with Crippen molar-refractivity contribution in [3.8, 4) is 11.5 Å². The Hall–Kier alpha value is -1.59. The van der Waals surface area contributed by atoms with E-state index in [1.54, 1.807) is 30.0 Å². The molecule has 0 amide bonds. The highest BCUT2D eigenvalue weighted by Gasteiger charge is 2.06. The molecule has 0 aliphatic heterocycles. The van der Waals surface area contributed by atoms with Crippen LogP contribution in [0, 0.1) is 0 Å². The Morgan fingerprint density at radius 1 is 1.41 bits per heavy atom. The third kappa shape index (κ3) is 2.95. The van der Waals surface area contributed by atoms with Gasteiger partial charge in [-0.05, 0) is 6.07 Å². The van der Waals surface area contributed by atoms with Crippen molar-refractivity contribution in [1.82, 2.24) is 10.3 Å². The summed E-state index contributed by atoms with van der Waals surface area (Å²) in [5, 5.41) is 13.1. The molecule has 90 valence electrons. The fourth-order valence-corrected chi connectivity index (χ4v) is 2.09. The van der Waals surface area contributed by atoms with Crippen LogP contribution < -0.4 is 10.1 Å². The monoisotopic (exact) mass is 250 g/mol. The molecule has 1 aromatic heterocycles. The molecule has 1 aromatic carbocycles. The molecular formula is C12H14N2O2S. The summed E-state index contributed by atoms with van der Waals surface area (Å²) in [6.45, 7) is 1.35. The molecule has 0 saturated heterocycles. The minimum absolute atomic E-state index is 0.201. The molecule has 0 bridgehead atoms. The van der Waals surface area contributed by atoms with E-state index in [9.17, 15) is 5.11 Å². The van der Waals surface area contributed by atoms with Gasteiger partial charge < -0.3 is 15.2 Å². The van der Waals surface area contributed by atoms with E-state index in [4.69, 9.17) is 4.74 Å². The lowest BCUT2D eigenvalue weighted by Crippen LogP contribution is -2.12. The molecule has 0 unspecified atom stereocenters. The summed E-state index contributed by atoms with van der Waals surface area (Å²) < 4.78 is 5.05. The summed E-state index contributed by atoms with van der Waals surface area (Å²) in [5.74, 6) is 0.703. The third-order valence-electron chi connectivity index (χ3n) is 2.40. The Morgan fingerprint density at radius 3 is 3.00 bits per heavy atom. The number of hydrogen-bond acceptors (Lipinski definition) is 5. The van der Waals surface area contributed by atoms with Crippen molar-refractivity contribution in [1.29, 1.82) is 0 Å². The van der Waals surface area contributed by atoms with Gasteiger partial charge in [0.05, 0.1) is 12.6 Å². The van der Waals surface area contributed by atoms with Gasteiger partial charge in [-0.15, -0.1) is 11.3 Å². The summed E-state index contributed by atoms with van der Waals surface area (Å²) in [7, 11) is 1.55. The molecule has 2 aromatic rings. The topological polar surface area (TPSA) is 54.4 Å². The molecule has 0 spiro atoms. The molecule has 0 saturated carbocycles. The van der Waals surface area contributed by atoms with Crippen molar-refractivity contribution in [3.05, 3.63) is 40.3 Å². The molecule has 2 N–H and O–H groups in total. The molecular weight excluding hydrogens is 236 g/mol. The minimum atomic E-state index is 0.201. The number of phenols is 1. The van der Waals surface area contributed by atoms with Crippen LogP contribution >= 0.6 is 11.3 Å². The molecule has 0 radical (unpaired) electrons. The van der Waals surface area contributed by atoms with E-state index in [0.717, 1.165) is 12.1 Å². The average molecular weight is 250 g/mol. The second-order valence-electron chi connectivity index (χ2n) is 3.54. The number of rotatable bonds is 5. The SMILES string of the molecule is COc1cccc(CNCc2cncs2)c1O. The summed E-state index contributed by atoms with van der Waals surface area (Å²) >= 11 is 1.61. The lowest BCUT2D eigenvalue weighted by molar-refractivity contribution is 0.369. The standard InChI is InChI=1S/C12H14N2O2S/c1-16-11-4-2-3-9(12(11)15)5-13-6-10-7-14-8-17-10/h2-4,7-8,13,15H,5-6H2,1H3. The second kappa shape index (κ2) is 5.65. The number of nitrogens with one attached hydrogen (secondary N) is 1. The number of para-hydroxylation sites is 1. The second-order valence-corrected chi connectivity index (χ2v) is 4.51. The highest BCUT2D eigenvalue weighted by molar-refractivity contribution is 7.09. The maximum Gasteiger partial charge on any atom is 0.162 e. The van der Waals surface area contributed by atoms with E-state index in [1.807, 2.05) is 18.3 Å². The van der Waals surface area contributed by atoms with E-state index in [2.05, 4.69) is 10.3 Å². The first-order chi connectivity index (χ1) is 8.31. The number of benzene rings is 1. The molecule has 17 heavy (non-hydrogen) atoms. The largest absolute Gasteiger partial charge is 0.504 e. The van der Waals surface area contributed by atoms with Crippen LogP contribution in [0.2, 0.25) is 0 Å². The molecule has 5 heteroatoms. The van der Waals surface area contributed by atoms with Gasteiger partial charge in [0.1, 0.15) is 0 Å². The molecule has 0 aliphatic rings. The molecule has 2 rings (SSSR count). The van der Waals surface area contributed by atoms with Gasteiger partial charge in [-0.2, -0.15) is 0 Å². The maximum absolute atomic E-state index is 9.87. The van der Waals surface area contributed by atoms with Crippen LogP contribution in [0.3, 0.4) is 0 Å². The van der Waals surface area contributed by atoms with Gasteiger partial charge in [-0.3, -0.25) is 4.98 Å². The third-order valence-corrected chi connectivity index (χ3v) is 3.18. The van der Waals surface area contributed by atoms with E-state index in [1.165, 1.54) is 4.88 Å². The minimum Gasteiger partial charge on any atom is -0.504 e. The normalized spacial score (nSPS) is 10.4. The molecule has 4 nitrogen and oxygen atoms in total. The zero-order valence-electron chi connectivity index (χ0n) is 9.51. The van der Waals surface area contributed by atoms with Crippen molar-refractivity contribution in [2.24, 2.45) is 0 Å². The van der Waals surface area contributed by atoms with Crippen LogP contribution in [0.4, 0.5) is 0 Å². The van der Waals surface area contributed by atoms with Crippen molar-refractivity contribution in [3.63, 3.8) is 0 Å². The van der Waals surface area contributed by atoms with Gasteiger partial charge in [0, 0.05) is 29.7 Å². The number of phenolic OH excluding ortho intramolecular Hbond substituents is 1. The highest BCUT2D eigenvalue weighted by atomic mass is 32.1. The Bertz CT molecular complexity index is 471. The number of thiazole rings is 1. The van der Waals surface area contributed by atoms with Crippen molar-refractivity contribution < 1.29 is 9.84 Å². The van der Waals surface area contributed by atoms with Crippen molar-refractivity contribution in [2.45, 2.75) is 13.1 Å². The Morgan fingerprint density at radius 2 is 2.29 bits per heavy atom. The maximum atomic E-state index is 9.87. The number of aromatic hydroxyl groups is 1. The van der Waals surface area contributed by atoms with Crippen LogP contribution in [0.1, 0.15) is 10.4 Å². The Kier molecular flexibility index (Phi) is 3.95. The summed E-state index contributed by atoms with van der Waals surface area (Å²) in [4.78, 5) is 5.18. The van der Waals surface area contributed by atoms with Crippen LogP contribution in [-0.2, 0) is 13.1 Å². The zero-order valence-corrected chi connectivity index (χ0v) is 10.3. The summed E-state index contributed by atoms with van der Waals surface area (Å²) in [6, 6.07) is 5.47.